The average Bonchev–Trinajstić information content (AvgIpc) is 3.08. The first-order valence-corrected chi connectivity index (χ1v) is 10.7. The maximum absolute atomic E-state index is 12.1. The minimum atomic E-state index is -0.556. The Hall–Kier alpha value is -3.04. The van der Waals surface area contributed by atoms with Crippen LogP contribution in [-0.4, -0.2) is 34.3 Å². The number of nitrogens with zero attached hydrogens (tertiary/aromatic N) is 2. The highest BCUT2D eigenvalue weighted by Gasteiger charge is 2.21. The van der Waals surface area contributed by atoms with Gasteiger partial charge in [-0.05, 0) is 43.7 Å². The lowest BCUT2D eigenvalue weighted by Crippen LogP contribution is -2.10. The first-order valence-electron chi connectivity index (χ1n) is 9.47. The van der Waals surface area contributed by atoms with Gasteiger partial charge in [-0.1, -0.05) is 11.6 Å². The number of esters is 2. The fraction of sp³-hybridized carbons (Fsp3) is 0.286. The van der Waals surface area contributed by atoms with Gasteiger partial charge >= 0.3 is 11.9 Å². The number of hydrogen-bond acceptors (Lipinski definition) is 9. The summed E-state index contributed by atoms with van der Waals surface area (Å²) >= 11 is 6.95. The molecule has 0 spiro atoms. The maximum Gasteiger partial charge on any atom is 0.348 e. The van der Waals surface area contributed by atoms with Crippen molar-refractivity contribution in [2.45, 2.75) is 33.3 Å². The molecule has 0 atom stereocenters. The highest BCUT2D eigenvalue weighted by molar-refractivity contribution is 7.20. The molecule has 10 heteroatoms. The summed E-state index contributed by atoms with van der Waals surface area (Å²) in [6.07, 6.45) is -0.0696. The molecular formula is C21H20ClN3O5S. The van der Waals surface area contributed by atoms with Gasteiger partial charge in [0.05, 0.1) is 18.4 Å². The molecule has 0 amide bonds. The second-order valence-corrected chi connectivity index (χ2v) is 8.01. The van der Waals surface area contributed by atoms with E-state index in [-0.39, 0.29) is 43.5 Å². The van der Waals surface area contributed by atoms with E-state index in [4.69, 9.17) is 26.8 Å². The highest BCUT2D eigenvalue weighted by atomic mass is 35.5. The van der Waals surface area contributed by atoms with Crippen molar-refractivity contribution in [3.8, 4) is 0 Å². The fourth-order valence-electron chi connectivity index (χ4n) is 2.88. The normalized spacial score (nSPS) is 10.8. The van der Waals surface area contributed by atoms with E-state index in [1.807, 2.05) is 0 Å². The summed E-state index contributed by atoms with van der Waals surface area (Å²) < 4.78 is 10.2. The zero-order valence-electron chi connectivity index (χ0n) is 16.9. The summed E-state index contributed by atoms with van der Waals surface area (Å²) in [6, 6.07) is 6.44. The summed E-state index contributed by atoms with van der Waals surface area (Å²) in [5.74, 6) is -0.784. The first kappa shape index (κ1) is 22.6. The number of ether oxygens (including phenoxy) is 2. The van der Waals surface area contributed by atoms with Gasteiger partial charge in [0.25, 0.3) is 0 Å². The molecule has 0 aliphatic carbocycles. The lowest BCUT2D eigenvalue weighted by atomic mass is 10.1. The van der Waals surface area contributed by atoms with Crippen molar-refractivity contribution < 1.29 is 23.9 Å². The summed E-state index contributed by atoms with van der Waals surface area (Å²) in [5, 5.41) is 1.11. The molecule has 3 aromatic rings. The number of carbonyl (C=O) groups is 3. The van der Waals surface area contributed by atoms with Crippen molar-refractivity contribution in [1.82, 2.24) is 9.97 Å². The molecule has 2 aromatic heterocycles. The first-order chi connectivity index (χ1) is 14.8. The molecule has 0 aliphatic rings. The second kappa shape index (κ2) is 9.84. The van der Waals surface area contributed by atoms with Gasteiger partial charge in [0.1, 0.15) is 15.5 Å². The molecule has 0 unspecified atom stereocenters. The molecule has 1 aromatic carbocycles. The highest BCUT2D eigenvalue weighted by Crippen LogP contribution is 2.33. The number of carbonyl (C=O) groups excluding carboxylic acids is 3. The third-order valence-electron chi connectivity index (χ3n) is 4.41. The number of anilines is 1. The summed E-state index contributed by atoms with van der Waals surface area (Å²) in [5.41, 5.74) is 7.16. The van der Waals surface area contributed by atoms with Crippen LogP contribution in [0.5, 0.6) is 0 Å². The molecule has 0 fully saturated rings. The number of fused-ring (bicyclic) bond motifs is 1. The number of aromatic nitrogens is 2. The van der Waals surface area contributed by atoms with Gasteiger partial charge in [-0.15, -0.1) is 11.3 Å². The van der Waals surface area contributed by atoms with E-state index >= 15 is 0 Å². The molecule has 0 saturated heterocycles. The van der Waals surface area contributed by atoms with Crippen molar-refractivity contribution in [2.75, 3.05) is 12.3 Å². The number of rotatable bonds is 8. The number of benzene rings is 1. The predicted octanol–water partition coefficient (Wildman–Crippen LogP) is 4.12. The van der Waals surface area contributed by atoms with Crippen molar-refractivity contribution in [2.24, 2.45) is 0 Å². The summed E-state index contributed by atoms with van der Waals surface area (Å²) in [6.45, 7) is 3.54. The SMILES string of the molecule is CCOC(=O)c1sc2nc(COC(=O)CCC(=O)c3ccc(Cl)cc3)nc(N)c2c1C. The van der Waals surface area contributed by atoms with E-state index < -0.39 is 11.9 Å². The molecule has 2 N–H and O–H groups in total. The molecule has 0 radical (unpaired) electrons. The Morgan fingerprint density at radius 1 is 1.10 bits per heavy atom. The molecule has 162 valence electrons. The van der Waals surface area contributed by atoms with Crippen molar-refractivity contribution >= 4 is 56.7 Å². The molecular weight excluding hydrogens is 442 g/mol. The smallest absolute Gasteiger partial charge is 0.348 e. The van der Waals surface area contributed by atoms with Crippen molar-refractivity contribution in [3.63, 3.8) is 0 Å². The van der Waals surface area contributed by atoms with Crippen LogP contribution in [0.3, 0.4) is 0 Å². The van der Waals surface area contributed by atoms with E-state index in [1.165, 1.54) is 0 Å². The fourth-order valence-corrected chi connectivity index (χ4v) is 4.11. The predicted molar refractivity (Wildman–Crippen MR) is 117 cm³/mol. The molecule has 31 heavy (non-hydrogen) atoms. The van der Waals surface area contributed by atoms with Crippen LogP contribution < -0.4 is 5.73 Å². The summed E-state index contributed by atoms with van der Waals surface area (Å²) in [7, 11) is 0. The lowest BCUT2D eigenvalue weighted by molar-refractivity contribution is -0.145. The third kappa shape index (κ3) is 5.36. The van der Waals surface area contributed by atoms with Crippen LogP contribution >= 0.6 is 22.9 Å². The molecule has 0 saturated carbocycles. The zero-order chi connectivity index (χ0) is 22.5. The molecule has 0 bridgehead atoms. The van der Waals surface area contributed by atoms with Gasteiger partial charge in [-0.25, -0.2) is 14.8 Å². The Morgan fingerprint density at radius 3 is 2.48 bits per heavy atom. The third-order valence-corrected chi connectivity index (χ3v) is 5.83. The van der Waals surface area contributed by atoms with Crippen LogP contribution in [0.15, 0.2) is 24.3 Å². The number of hydrogen-bond donors (Lipinski definition) is 1. The molecule has 3 rings (SSSR count). The zero-order valence-corrected chi connectivity index (χ0v) is 18.5. The minimum absolute atomic E-state index is 0.00944. The Bertz CT molecular complexity index is 1140. The van der Waals surface area contributed by atoms with Crippen LogP contribution in [0, 0.1) is 6.92 Å². The number of Topliss-reactive ketones (excluding diaryl/α,β-unsaturated/α-hetero) is 1. The van der Waals surface area contributed by atoms with E-state index in [0.29, 0.717) is 31.2 Å². The van der Waals surface area contributed by atoms with Gasteiger partial charge < -0.3 is 15.2 Å². The van der Waals surface area contributed by atoms with Gasteiger partial charge in [0, 0.05) is 17.0 Å². The maximum atomic E-state index is 12.1. The lowest BCUT2D eigenvalue weighted by Gasteiger charge is -2.06. The van der Waals surface area contributed by atoms with E-state index in [9.17, 15) is 14.4 Å². The van der Waals surface area contributed by atoms with Crippen LogP contribution in [0.25, 0.3) is 10.2 Å². The Kier molecular flexibility index (Phi) is 7.19. The minimum Gasteiger partial charge on any atom is -0.462 e. The summed E-state index contributed by atoms with van der Waals surface area (Å²) in [4.78, 5) is 45.7. The number of halogens is 1. The monoisotopic (exact) mass is 461 g/mol. The number of thiophene rings is 1. The van der Waals surface area contributed by atoms with Gasteiger partial charge in [-0.3, -0.25) is 9.59 Å². The quantitative estimate of drug-likeness (QED) is 0.392. The van der Waals surface area contributed by atoms with E-state index in [2.05, 4.69) is 9.97 Å². The standard InChI is InChI=1S/C21H20ClN3O5S/c1-3-29-21(28)18-11(2)17-19(23)24-15(25-20(17)31-18)10-30-16(27)9-8-14(26)12-4-6-13(22)7-5-12/h4-7H,3,8-10H2,1-2H3,(H2,23,24,25). The van der Waals surface area contributed by atoms with Crippen molar-refractivity contribution in [3.05, 3.63) is 51.1 Å². The van der Waals surface area contributed by atoms with E-state index in [0.717, 1.165) is 11.3 Å². The number of nitrogen functional groups attached to an aromatic ring is 1. The Morgan fingerprint density at radius 2 is 1.81 bits per heavy atom. The van der Waals surface area contributed by atoms with E-state index in [1.54, 1.807) is 38.1 Å². The number of ketones is 1. The van der Waals surface area contributed by atoms with Gasteiger partial charge in [-0.2, -0.15) is 0 Å². The topological polar surface area (TPSA) is 121 Å². The van der Waals surface area contributed by atoms with Crippen molar-refractivity contribution in [1.29, 1.82) is 0 Å². The molecule has 2 heterocycles. The van der Waals surface area contributed by atoms with Crippen LogP contribution in [-0.2, 0) is 20.9 Å². The largest absolute Gasteiger partial charge is 0.462 e. The second-order valence-electron chi connectivity index (χ2n) is 6.57. The van der Waals surface area contributed by atoms with Crippen LogP contribution in [0.2, 0.25) is 5.02 Å². The molecule has 8 nitrogen and oxygen atoms in total. The average molecular weight is 462 g/mol. The van der Waals surface area contributed by atoms with Crippen LogP contribution in [0.4, 0.5) is 5.82 Å². The Labute approximate surface area is 187 Å². The van der Waals surface area contributed by atoms with Gasteiger partial charge in [0.2, 0.25) is 0 Å². The number of aryl methyl sites for hydroxylation is 1. The van der Waals surface area contributed by atoms with Crippen LogP contribution in [0.1, 0.15) is 51.2 Å². The van der Waals surface area contributed by atoms with Gasteiger partial charge in [0.15, 0.2) is 18.2 Å². The number of nitrogens with two attached hydrogens (primary N) is 1. The molecule has 0 aliphatic heterocycles. The Balaban J connectivity index is 1.62.